The topological polar surface area (TPSA) is 9.23 Å². The summed E-state index contributed by atoms with van der Waals surface area (Å²) in [5.74, 6) is -1.93. The summed E-state index contributed by atoms with van der Waals surface area (Å²) in [7, 11) is 5.17. The number of hydrogen-bond acceptors (Lipinski definition) is 1. The lowest BCUT2D eigenvalue weighted by molar-refractivity contribution is -0.275. The zero-order chi connectivity index (χ0) is 10.8. The van der Waals surface area contributed by atoms with E-state index in [2.05, 4.69) is 4.74 Å². The molecule has 1 rings (SSSR count). The molecule has 14 heavy (non-hydrogen) atoms. The number of rotatable bonds is 2. The second kappa shape index (κ2) is 3.90. The lowest BCUT2D eigenvalue weighted by Gasteiger charge is -2.09. The first-order valence-corrected chi connectivity index (χ1v) is 3.66. The van der Waals surface area contributed by atoms with Crippen molar-refractivity contribution in [2.24, 2.45) is 0 Å². The van der Waals surface area contributed by atoms with Crippen LogP contribution in [-0.2, 0) is 6.32 Å². The summed E-state index contributed by atoms with van der Waals surface area (Å²) < 4.78 is 51.4. The van der Waals surface area contributed by atoms with Crippen LogP contribution in [0.25, 0.3) is 0 Å². The number of halogens is 4. The van der Waals surface area contributed by atoms with Crippen molar-refractivity contribution < 1.29 is 22.3 Å². The second-order valence-electron chi connectivity index (χ2n) is 2.52. The van der Waals surface area contributed by atoms with Gasteiger partial charge in [-0.1, -0.05) is 17.9 Å². The molecule has 0 aliphatic heterocycles. The van der Waals surface area contributed by atoms with Crippen molar-refractivity contribution in [1.29, 1.82) is 0 Å². The van der Waals surface area contributed by atoms with E-state index >= 15 is 0 Å². The van der Waals surface area contributed by atoms with Crippen molar-refractivity contribution in [2.75, 3.05) is 0 Å². The number of alkyl halides is 3. The standard InChI is InChI=1S/C8H5BF4O/c9-4-5-1-2-7(6(10)3-5)14-8(11,12)13/h1-3H,4H2. The van der Waals surface area contributed by atoms with E-state index in [0.29, 0.717) is 5.56 Å². The minimum Gasteiger partial charge on any atom is -0.403 e. The zero-order valence-electron chi connectivity index (χ0n) is 6.94. The molecule has 1 aromatic rings. The molecule has 0 spiro atoms. The summed E-state index contributed by atoms with van der Waals surface area (Å²) in [6.07, 6.45) is -4.83. The van der Waals surface area contributed by atoms with Crippen molar-refractivity contribution in [3.8, 4) is 5.75 Å². The maximum atomic E-state index is 12.9. The van der Waals surface area contributed by atoms with Crippen molar-refractivity contribution >= 4 is 7.85 Å². The summed E-state index contributed by atoms with van der Waals surface area (Å²) in [4.78, 5) is 0. The molecule has 0 amide bonds. The monoisotopic (exact) mass is 204 g/mol. The van der Waals surface area contributed by atoms with Crippen molar-refractivity contribution in [1.82, 2.24) is 0 Å². The van der Waals surface area contributed by atoms with Gasteiger partial charge in [0.05, 0.1) is 7.85 Å². The highest BCUT2D eigenvalue weighted by Gasteiger charge is 2.32. The van der Waals surface area contributed by atoms with Crippen molar-refractivity contribution in [3.63, 3.8) is 0 Å². The Bertz CT molecular complexity index is 324. The van der Waals surface area contributed by atoms with E-state index < -0.39 is 17.9 Å². The average Bonchev–Trinajstić information content (AvgIpc) is 2.06. The van der Waals surface area contributed by atoms with Gasteiger partial charge in [0.1, 0.15) is 0 Å². The van der Waals surface area contributed by atoms with E-state index in [-0.39, 0.29) is 6.32 Å². The predicted octanol–water partition coefficient (Wildman–Crippen LogP) is 2.39. The van der Waals surface area contributed by atoms with Gasteiger partial charge in [0.15, 0.2) is 11.6 Å². The van der Waals surface area contributed by atoms with Crippen LogP contribution in [-0.4, -0.2) is 14.2 Å². The molecule has 2 radical (unpaired) electrons. The first-order chi connectivity index (χ1) is 6.42. The van der Waals surface area contributed by atoms with E-state index in [1.54, 1.807) is 0 Å². The summed E-state index contributed by atoms with van der Waals surface area (Å²) in [6, 6.07) is 3.07. The van der Waals surface area contributed by atoms with Crippen LogP contribution in [0.5, 0.6) is 5.75 Å². The number of hydrogen-bond donors (Lipinski definition) is 0. The number of ether oxygens (including phenoxy) is 1. The van der Waals surface area contributed by atoms with Gasteiger partial charge in [0.25, 0.3) is 0 Å². The highest BCUT2D eigenvalue weighted by molar-refractivity contribution is 6.08. The third kappa shape index (κ3) is 2.94. The molecule has 0 aliphatic carbocycles. The fourth-order valence-corrected chi connectivity index (χ4v) is 0.879. The van der Waals surface area contributed by atoms with Gasteiger partial charge in [-0.05, 0) is 12.1 Å². The van der Waals surface area contributed by atoms with Gasteiger partial charge in [0, 0.05) is 0 Å². The van der Waals surface area contributed by atoms with Crippen LogP contribution >= 0.6 is 0 Å². The van der Waals surface area contributed by atoms with Gasteiger partial charge in [-0.2, -0.15) is 0 Å². The molecule has 0 aliphatic rings. The molecule has 0 unspecified atom stereocenters. The smallest absolute Gasteiger partial charge is 0.403 e. The minimum atomic E-state index is -4.88. The van der Waals surface area contributed by atoms with Crippen LogP contribution in [0.3, 0.4) is 0 Å². The Balaban J connectivity index is 2.89. The van der Waals surface area contributed by atoms with E-state index in [4.69, 9.17) is 7.85 Å². The molecule has 0 heterocycles. The van der Waals surface area contributed by atoms with E-state index in [0.717, 1.165) is 12.1 Å². The zero-order valence-corrected chi connectivity index (χ0v) is 6.94. The largest absolute Gasteiger partial charge is 0.573 e. The molecule has 0 N–H and O–H groups in total. The third-order valence-electron chi connectivity index (χ3n) is 1.46. The summed E-state index contributed by atoms with van der Waals surface area (Å²) in [5.41, 5.74) is 0.400. The van der Waals surface area contributed by atoms with Crippen molar-refractivity contribution in [2.45, 2.75) is 12.7 Å². The Labute approximate surface area is 79.1 Å². The Morgan fingerprint density at radius 2 is 1.93 bits per heavy atom. The highest BCUT2D eigenvalue weighted by atomic mass is 19.4. The fraction of sp³-hybridized carbons (Fsp3) is 0.250. The summed E-state index contributed by atoms with van der Waals surface area (Å²) in [5, 5.41) is 0. The molecule has 0 saturated heterocycles. The Morgan fingerprint density at radius 1 is 1.29 bits per heavy atom. The molecular formula is C8H5BF4O. The maximum Gasteiger partial charge on any atom is 0.573 e. The van der Waals surface area contributed by atoms with E-state index in [9.17, 15) is 17.6 Å². The van der Waals surface area contributed by atoms with Crippen LogP contribution in [0.2, 0.25) is 0 Å². The van der Waals surface area contributed by atoms with Gasteiger partial charge in [-0.3, -0.25) is 0 Å². The molecule has 74 valence electrons. The lowest BCUT2D eigenvalue weighted by atomic mass is 9.97. The van der Waals surface area contributed by atoms with Crippen LogP contribution in [0.15, 0.2) is 18.2 Å². The second-order valence-corrected chi connectivity index (χ2v) is 2.52. The molecule has 6 heteroatoms. The molecule has 1 aromatic carbocycles. The first-order valence-electron chi connectivity index (χ1n) is 3.66. The molecular weight excluding hydrogens is 199 g/mol. The summed E-state index contributed by atoms with van der Waals surface area (Å²) in [6.45, 7) is 0. The van der Waals surface area contributed by atoms with Crippen LogP contribution in [0, 0.1) is 5.82 Å². The summed E-state index contributed by atoms with van der Waals surface area (Å²) >= 11 is 0. The molecule has 0 aromatic heterocycles. The molecule has 0 atom stereocenters. The molecule has 0 fully saturated rings. The SMILES string of the molecule is [B]Cc1ccc(OC(F)(F)F)c(F)c1. The fourth-order valence-electron chi connectivity index (χ4n) is 0.879. The predicted molar refractivity (Wildman–Crippen MR) is 42.5 cm³/mol. The van der Waals surface area contributed by atoms with Gasteiger partial charge in [-0.15, -0.1) is 13.2 Å². The quantitative estimate of drug-likeness (QED) is 0.530. The van der Waals surface area contributed by atoms with Crippen LogP contribution < -0.4 is 4.74 Å². The average molecular weight is 204 g/mol. The first kappa shape index (κ1) is 10.9. The Hall–Kier alpha value is -1.20. The van der Waals surface area contributed by atoms with Gasteiger partial charge < -0.3 is 4.74 Å². The maximum absolute atomic E-state index is 12.9. The Kier molecular flexibility index (Phi) is 3.03. The lowest BCUT2D eigenvalue weighted by Crippen LogP contribution is -2.18. The molecule has 1 nitrogen and oxygen atoms in total. The van der Waals surface area contributed by atoms with E-state index in [1.807, 2.05) is 0 Å². The normalized spacial score (nSPS) is 11.4. The van der Waals surface area contributed by atoms with Crippen LogP contribution in [0.4, 0.5) is 17.6 Å². The molecule has 0 bridgehead atoms. The van der Waals surface area contributed by atoms with Crippen molar-refractivity contribution in [3.05, 3.63) is 29.6 Å². The highest BCUT2D eigenvalue weighted by Crippen LogP contribution is 2.25. The molecule has 0 saturated carbocycles. The van der Waals surface area contributed by atoms with Gasteiger partial charge in [0.2, 0.25) is 0 Å². The third-order valence-corrected chi connectivity index (χ3v) is 1.46. The van der Waals surface area contributed by atoms with Gasteiger partial charge >= 0.3 is 6.36 Å². The van der Waals surface area contributed by atoms with E-state index in [1.165, 1.54) is 6.07 Å². The number of benzene rings is 1. The minimum absolute atomic E-state index is 0.0587. The van der Waals surface area contributed by atoms with Gasteiger partial charge in [-0.25, -0.2) is 4.39 Å². The Morgan fingerprint density at radius 3 is 2.36 bits per heavy atom. The van der Waals surface area contributed by atoms with Crippen LogP contribution in [0.1, 0.15) is 5.56 Å².